The number of aliphatic hydroxyl groups excluding tert-OH is 1. The first-order valence-corrected chi connectivity index (χ1v) is 9.49. The van der Waals surface area contributed by atoms with Crippen molar-refractivity contribution in [2.45, 2.75) is 96.6 Å². The maximum absolute atomic E-state index is 9.57. The second-order valence-corrected chi connectivity index (χ2v) is 6.53. The quantitative estimate of drug-likeness (QED) is 0.207. The summed E-state index contributed by atoms with van der Waals surface area (Å²) >= 11 is 0. The summed E-state index contributed by atoms with van der Waals surface area (Å²) in [5, 5.41) is 16.4. The fourth-order valence-electron chi connectivity index (χ4n) is 2.99. The van der Waals surface area contributed by atoms with Gasteiger partial charge in [0.25, 0.3) is 0 Å². The third-order valence-corrected chi connectivity index (χ3v) is 4.41. The number of hydrogen-bond donors (Lipinski definition) is 3. The average Bonchev–Trinajstić information content (AvgIpc) is 2.52. The molecule has 0 atom stereocenters. The van der Waals surface area contributed by atoms with Crippen molar-refractivity contribution < 1.29 is 5.11 Å². The van der Waals surface area contributed by atoms with Crippen LogP contribution in [0.15, 0.2) is 4.99 Å². The molecule has 0 amide bonds. The third-order valence-electron chi connectivity index (χ3n) is 4.41. The molecule has 0 bridgehead atoms. The molecule has 1 aliphatic carbocycles. The number of nitrogens with zero attached hydrogens (tertiary/aromatic N) is 1. The second kappa shape index (κ2) is 15.5. The van der Waals surface area contributed by atoms with Crippen molar-refractivity contribution in [2.75, 3.05) is 13.1 Å². The minimum Gasteiger partial charge on any atom is -0.393 e. The third kappa shape index (κ3) is 12.0. The van der Waals surface area contributed by atoms with Crippen LogP contribution in [0, 0.1) is 0 Å². The molecule has 1 rings (SSSR count). The highest BCUT2D eigenvalue weighted by atomic mass is 127. The van der Waals surface area contributed by atoms with Crippen molar-refractivity contribution in [1.29, 1.82) is 0 Å². The normalized spacial score (nSPS) is 21.6. The molecule has 4 nitrogen and oxygen atoms in total. The van der Waals surface area contributed by atoms with Crippen LogP contribution in [0.3, 0.4) is 0 Å². The fraction of sp³-hybridized carbons (Fsp3) is 0.944. The molecule has 0 aromatic carbocycles. The number of aliphatic imine (C=N–C) groups is 1. The van der Waals surface area contributed by atoms with Crippen LogP contribution in [0.2, 0.25) is 0 Å². The predicted molar refractivity (Wildman–Crippen MR) is 111 cm³/mol. The summed E-state index contributed by atoms with van der Waals surface area (Å²) < 4.78 is 0. The first kappa shape index (κ1) is 23.0. The lowest BCUT2D eigenvalue weighted by molar-refractivity contribution is 0.120. The standard InChI is InChI=1S/C18H37N3O.HI/c1-3-5-6-7-8-9-10-15-20-18(19-4-2)21-16-11-13-17(22)14-12-16;/h16-17,22H,3-15H2,1-2H3,(H2,19,20,21);1H. The SMILES string of the molecule is CCCCCCCCCN=C(NCC)NC1CCC(O)CC1.I. The molecular formula is C18H38IN3O. The van der Waals surface area contributed by atoms with Gasteiger partial charge in [-0.15, -0.1) is 24.0 Å². The van der Waals surface area contributed by atoms with Crippen molar-refractivity contribution in [2.24, 2.45) is 4.99 Å². The average molecular weight is 439 g/mol. The van der Waals surface area contributed by atoms with E-state index in [2.05, 4.69) is 24.5 Å². The van der Waals surface area contributed by atoms with Crippen LogP contribution in [0.1, 0.15) is 84.5 Å². The number of nitrogens with one attached hydrogen (secondary N) is 2. The molecule has 1 fully saturated rings. The maximum atomic E-state index is 9.57. The Hall–Kier alpha value is -0.0400. The van der Waals surface area contributed by atoms with E-state index in [-0.39, 0.29) is 30.1 Å². The molecule has 0 saturated heterocycles. The molecule has 1 saturated carbocycles. The van der Waals surface area contributed by atoms with Crippen LogP contribution in [0.5, 0.6) is 0 Å². The molecule has 0 aromatic rings. The number of halogens is 1. The largest absolute Gasteiger partial charge is 0.393 e. The highest BCUT2D eigenvalue weighted by Gasteiger charge is 2.19. The van der Waals surface area contributed by atoms with E-state index in [1.165, 1.54) is 44.9 Å². The zero-order valence-electron chi connectivity index (χ0n) is 15.1. The van der Waals surface area contributed by atoms with E-state index in [0.717, 1.165) is 44.7 Å². The molecule has 1 aliphatic rings. The molecule has 3 N–H and O–H groups in total. The van der Waals surface area contributed by atoms with Gasteiger partial charge in [0.1, 0.15) is 0 Å². The fourth-order valence-corrected chi connectivity index (χ4v) is 2.99. The summed E-state index contributed by atoms with van der Waals surface area (Å²) in [7, 11) is 0. The number of rotatable bonds is 10. The summed E-state index contributed by atoms with van der Waals surface area (Å²) in [4.78, 5) is 4.69. The molecule has 138 valence electrons. The van der Waals surface area contributed by atoms with E-state index in [9.17, 15) is 5.11 Å². The topological polar surface area (TPSA) is 56.7 Å². The molecule has 5 heteroatoms. The number of hydrogen-bond acceptors (Lipinski definition) is 2. The van der Waals surface area contributed by atoms with Crippen molar-refractivity contribution >= 4 is 29.9 Å². The van der Waals surface area contributed by atoms with Crippen LogP contribution in [-0.4, -0.2) is 36.3 Å². The van der Waals surface area contributed by atoms with Crippen molar-refractivity contribution in [1.82, 2.24) is 10.6 Å². The van der Waals surface area contributed by atoms with Crippen LogP contribution in [-0.2, 0) is 0 Å². The Morgan fingerprint density at radius 3 is 2.17 bits per heavy atom. The summed E-state index contributed by atoms with van der Waals surface area (Å²) in [6.07, 6.45) is 13.1. The van der Waals surface area contributed by atoms with E-state index in [1.54, 1.807) is 0 Å². The van der Waals surface area contributed by atoms with E-state index in [0.29, 0.717) is 6.04 Å². The van der Waals surface area contributed by atoms with E-state index < -0.39 is 0 Å². The van der Waals surface area contributed by atoms with E-state index >= 15 is 0 Å². The Kier molecular flexibility index (Phi) is 15.5. The second-order valence-electron chi connectivity index (χ2n) is 6.53. The molecule has 0 aromatic heterocycles. The first-order valence-electron chi connectivity index (χ1n) is 9.49. The summed E-state index contributed by atoms with van der Waals surface area (Å²) in [5.41, 5.74) is 0. The summed E-state index contributed by atoms with van der Waals surface area (Å²) in [6.45, 7) is 6.18. The Morgan fingerprint density at radius 1 is 0.957 bits per heavy atom. The lowest BCUT2D eigenvalue weighted by atomic mass is 9.93. The molecule has 23 heavy (non-hydrogen) atoms. The molecule has 0 unspecified atom stereocenters. The Balaban J connectivity index is 0.00000484. The zero-order chi connectivity index (χ0) is 16.0. The lowest BCUT2D eigenvalue weighted by Gasteiger charge is -2.27. The molecule has 0 aliphatic heterocycles. The lowest BCUT2D eigenvalue weighted by Crippen LogP contribution is -2.45. The van der Waals surface area contributed by atoms with Gasteiger partial charge < -0.3 is 15.7 Å². The molecule has 0 spiro atoms. The Labute approximate surface area is 160 Å². The van der Waals surface area contributed by atoms with Gasteiger partial charge in [0, 0.05) is 19.1 Å². The van der Waals surface area contributed by atoms with Gasteiger partial charge in [-0.1, -0.05) is 45.4 Å². The van der Waals surface area contributed by atoms with Gasteiger partial charge in [-0.05, 0) is 39.0 Å². The van der Waals surface area contributed by atoms with Crippen LogP contribution >= 0.6 is 24.0 Å². The van der Waals surface area contributed by atoms with Gasteiger partial charge in [-0.3, -0.25) is 4.99 Å². The van der Waals surface area contributed by atoms with Gasteiger partial charge >= 0.3 is 0 Å². The summed E-state index contributed by atoms with van der Waals surface area (Å²) in [6, 6.07) is 0.468. The number of guanidine groups is 1. The van der Waals surface area contributed by atoms with Gasteiger partial charge in [0.15, 0.2) is 5.96 Å². The molecular weight excluding hydrogens is 401 g/mol. The molecule has 0 heterocycles. The van der Waals surface area contributed by atoms with Crippen LogP contribution < -0.4 is 10.6 Å². The molecule has 0 radical (unpaired) electrons. The maximum Gasteiger partial charge on any atom is 0.191 e. The Bertz CT molecular complexity index is 292. The van der Waals surface area contributed by atoms with E-state index in [4.69, 9.17) is 4.99 Å². The van der Waals surface area contributed by atoms with Crippen molar-refractivity contribution in [3.05, 3.63) is 0 Å². The van der Waals surface area contributed by atoms with Gasteiger partial charge in [0.2, 0.25) is 0 Å². The monoisotopic (exact) mass is 439 g/mol. The van der Waals surface area contributed by atoms with E-state index in [1.807, 2.05) is 0 Å². The van der Waals surface area contributed by atoms with Gasteiger partial charge in [-0.2, -0.15) is 0 Å². The number of aliphatic hydroxyl groups is 1. The minimum atomic E-state index is -0.0923. The predicted octanol–water partition coefficient (Wildman–Crippen LogP) is 4.21. The summed E-state index contributed by atoms with van der Waals surface area (Å²) in [5.74, 6) is 0.954. The zero-order valence-corrected chi connectivity index (χ0v) is 17.5. The number of unbranched alkanes of at least 4 members (excludes halogenated alkanes) is 6. The van der Waals surface area contributed by atoms with Gasteiger partial charge in [-0.25, -0.2) is 0 Å². The van der Waals surface area contributed by atoms with Crippen molar-refractivity contribution in [3.63, 3.8) is 0 Å². The Morgan fingerprint density at radius 2 is 1.57 bits per heavy atom. The smallest absolute Gasteiger partial charge is 0.191 e. The van der Waals surface area contributed by atoms with Crippen molar-refractivity contribution in [3.8, 4) is 0 Å². The highest BCUT2D eigenvalue weighted by Crippen LogP contribution is 2.18. The van der Waals surface area contributed by atoms with Gasteiger partial charge in [0.05, 0.1) is 6.10 Å². The van der Waals surface area contributed by atoms with Crippen LogP contribution in [0.25, 0.3) is 0 Å². The minimum absolute atomic E-state index is 0. The van der Waals surface area contributed by atoms with Crippen LogP contribution in [0.4, 0.5) is 0 Å². The highest BCUT2D eigenvalue weighted by molar-refractivity contribution is 14.0. The first-order chi connectivity index (χ1) is 10.8.